The van der Waals surface area contributed by atoms with Crippen LogP contribution < -0.4 is 5.56 Å². The van der Waals surface area contributed by atoms with Gasteiger partial charge in [0.1, 0.15) is 5.52 Å². The van der Waals surface area contributed by atoms with Crippen LogP contribution in [0.25, 0.3) is 16.6 Å². The summed E-state index contributed by atoms with van der Waals surface area (Å²) < 4.78 is 26.9. The maximum atomic E-state index is 12.8. The molecule has 0 aliphatic rings. The molecule has 0 saturated carbocycles. The summed E-state index contributed by atoms with van der Waals surface area (Å²) in [6.45, 7) is 0. The van der Waals surface area contributed by atoms with Crippen LogP contribution in [0.3, 0.4) is 0 Å². The summed E-state index contributed by atoms with van der Waals surface area (Å²) in [7, 11) is 0. The van der Waals surface area contributed by atoms with Crippen molar-refractivity contribution in [3.05, 3.63) is 57.7 Å². The molecular weight excluding hydrogens is 288 g/mol. The first-order chi connectivity index (χ1) is 9.58. The van der Waals surface area contributed by atoms with Crippen molar-refractivity contribution in [2.45, 2.75) is 6.43 Å². The Morgan fingerprint density at radius 3 is 2.85 bits per heavy atom. The van der Waals surface area contributed by atoms with E-state index in [1.165, 1.54) is 35.1 Å². The summed E-state index contributed by atoms with van der Waals surface area (Å²) in [5.74, 6) is 0. The second-order valence-electron chi connectivity index (χ2n) is 4.18. The molecule has 0 atom stereocenters. The van der Waals surface area contributed by atoms with Gasteiger partial charge in [-0.1, -0.05) is 17.7 Å². The molecule has 0 unspecified atom stereocenters. The highest BCUT2D eigenvalue weighted by molar-refractivity contribution is 6.33. The van der Waals surface area contributed by atoms with Gasteiger partial charge < -0.3 is 4.98 Å². The molecule has 3 rings (SSSR count). The molecule has 4 nitrogen and oxygen atoms in total. The average Bonchev–Trinajstić information content (AvgIpc) is 2.84. The van der Waals surface area contributed by atoms with Gasteiger partial charge in [0.15, 0.2) is 0 Å². The molecular formula is C13H8ClF2N3O. The Morgan fingerprint density at radius 2 is 2.10 bits per heavy atom. The largest absolute Gasteiger partial charge is 0.326 e. The lowest BCUT2D eigenvalue weighted by molar-refractivity contribution is 0.151. The van der Waals surface area contributed by atoms with Gasteiger partial charge in [0.05, 0.1) is 6.20 Å². The summed E-state index contributed by atoms with van der Waals surface area (Å²) in [6.07, 6.45) is 1.83. The Hall–Kier alpha value is -2.21. The number of nitrogens with one attached hydrogen (secondary N) is 1. The molecule has 0 bridgehead atoms. The maximum absolute atomic E-state index is 12.8. The zero-order valence-electron chi connectivity index (χ0n) is 9.98. The van der Waals surface area contributed by atoms with Crippen molar-refractivity contribution in [2.24, 2.45) is 0 Å². The van der Waals surface area contributed by atoms with Gasteiger partial charge in [-0.15, -0.1) is 0 Å². The number of alkyl halides is 2. The number of hydrogen-bond donors (Lipinski definition) is 1. The fourth-order valence-electron chi connectivity index (χ4n) is 2.04. The lowest BCUT2D eigenvalue weighted by Crippen LogP contribution is -2.08. The van der Waals surface area contributed by atoms with Gasteiger partial charge in [0.2, 0.25) is 0 Å². The molecule has 7 heteroatoms. The smallest absolute Gasteiger partial charge is 0.274 e. The first-order valence-electron chi connectivity index (χ1n) is 5.71. The third-order valence-corrected chi connectivity index (χ3v) is 3.30. The number of rotatable bonds is 2. The molecule has 0 saturated heterocycles. The monoisotopic (exact) mass is 295 g/mol. The minimum Gasteiger partial charge on any atom is -0.326 e. The van der Waals surface area contributed by atoms with Crippen molar-refractivity contribution in [3.8, 4) is 11.1 Å². The van der Waals surface area contributed by atoms with Crippen molar-refractivity contribution in [2.75, 3.05) is 0 Å². The average molecular weight is 296 g/mol. The van der Waals surface area contributed by atoms with Gasteiger partial charge in [-0.3, -0.25) is 4.79 Å². The Labute approximate surface area is 116 Å². The van der Waals surface area contributed by atoms with E-state index in [0.717, 1.165) is 0 Å². The van der Waals surface area contributed by atoms with Crippen molar-refractivity contribution >= 4 is 17.1 Å². The lowest BCUT2D eigenvalue weighted by atomic mass is 10.0. The van der Waals surface area contributed by atoms with Gasteiger partial charge in [-0.2, -0.15) is 5.10 Å². The predicted molar refractivity (Wildman–Crippen MR) is 71.2 cm³/mol. The fraction of sp³-hybridized carbons (Fsp3) is 0.0769. The van der Waals surface area contributed by atoms with Crippen molar-refractivity contribution in [1.82, 2.24) is 14.6 Å². The number of nitrogens with zero attached hydrogens (tertiary/aromatic N) is 2. The molecule has 0 fully saturated rings. The van der Waals surface area contributed by atoms with E-state index in [0.29, 0.717) is 11.1 Å². The van der Waals surface area contributed by atoms with Gasteiger partial charge in [-0.25, -0.2) is 13.3 Å². The van der Waals surface area contributed by atoms with Crippen molar-refractivity contribution in [3.63, 3.8) is 0 Å². The summed E-state index contributed by atoms with van der Waals surface area (Å²) in [6, 6.07) is 3.92. The molecule has 0 spiro atoms. The van der Waals surface area contributed by atoms with Gasteiger partial charge in [0, 0.05) is 34.1 Å². The van der Waals surface area contributed by atoms with Crippen molar-refractivity contribution in [1.29, 1.82) is 0 Å². The maximum Gasteiger partial charge on any atom is 0.274 e. The molecule has 102 valence electrons. The van der Waals surface area contributed by atoms with E-state index in [2.05, 4.69) is 10.1 Å². The molecule has 1 N–H and O–H groups in total. The van der Waals surface area contributed by atoms with Crippen LogP contribution >= 0.6 is 11.6 Å². The van der Waals surface area contributed by atoms with Gasteiger partial charge >= 0.3 is 0 Å². The standard InChI is InChI=1S/C13H8ClF2N3O/c14-10-2-1-7(12(15)16)5-8(10)9-6-18-19-4-3-17-13(20)11(9)19/h1-6,12H,(H,17,20). The van der Waals surface area contributed by atoms with Crippen LogP contribution in [0.5, 0.6) is 0 Å². The van der Waals surface area contributed by atoms with Crippen molar-refractivity contribution < 1.29 is 8.78 Å². The quantitative estimate of drug-likeness (QED) is 0.789. The van der Waals surface area contributed by atoms with E-state index >= 15 is 0 Å². The second-order valence-corrected chi connectivity index (χ2v) is 4.59. The number of aromatic amines is 1. The highest BCUT2D eigenvalue weighted by atomic mass is 35.5. The summed E-state index contributed by atoms with van der Waals surface area (Å²) in [5, 5.41) is 4.31. The minimum absolute atomic E-state index is 0.156. The van der Waals surface area contributed by atoms with Crippen LogP contribution in [0.4, 0.5) is 8.78 Å². The highest BCUT2D eigenvalue weighted by Crippen LogP contribution is 2.33. The first kappa shape index (κ1) is 12.8. The third-order valence-electron chi connectivity index (χ3n) is 2.97. The van der Waals surface area contributed by atoms with Crippen LogP contribution in [0, 0.1) is 0 Å². The highest BCUT2D eigenvalue weighted by Gasteiger charge is 2.16. The van der Waals surface area contributed by atoms with E-state index in [1.807, 2.05) is 0 Å². The molecule has 20 heavy (non-hydrogen) atoms. The zero-order valence-corrected chi connectivity index (χ0v) is 10.7. The molecule has 0 aliphatic heterocycles. The van der Waals surface area contributed by atoms with Crippen LogP contribution in [0.1, 0.15) is 12.0 Å². The number of aromatic nitrogens is 3. The Morgan fingerprint density at radius 1 is 1.30 bits per heavy atom. The first-order valence-corrected chi connectivity index (χ1v) is 6.08. The number of halogens is 3. The minimum atomic E-state index is -2.61. The van der Waals surface area contributed by atoms with E-state index in [9.17, 15) is 13.6 Å². The topological polar surface area (TPSA) is 50.2 Å². The number of hydrogen-bond acceptors (Lipinski definition) is 2. The lowest BCUT2D eigenvalue weighted by Gasteiger charge is -2.06. The molecule has 3 aromatic rings. The summed E-state index contributed by atoms with van der Waals surface area (Å²) >= 11 is 6.05. The van der Waals surface area contributed by atoms with Crippen LogP contribution in [-0.2, 0) is 0 Å². The number of fused-ring (bicyclic) bond motifs is 1. The molecule has 0 radical (unpaired) electrons. The molecule has 2 heterocycles. The van der Waals surface area contributed by atoms with E-state index in [4.69, 9.17) is 11.6 Å². The van der Waals surface area contributed by atoms with E-state index in [-0.39, 0.29) is 21.7 Å². The molecule has 0 amide bonds. The summed E-state index contributed by atoms with van der Waals surface area (Å²) in [4.78, 5) is 14.4. The fourth-order valence-corrected chi connectivity index (χ4v) is 2.25. The van der Waals surface area contributed by atoms with Crippen LogP contribution in [0.15, 0.2) is 41.6 Å². The molecule has 1 aromatic carbocycles. The summed E-state index contributed by atoms with van der Waals surface area (Å²) in [5.41, 5.74) is 0.519. The van der Waals surface area contributed by atoms with Crippen LogP contribution in [-0.4, -0.2) is 14.6 Å². The Kier molecular flexibility index (Phi) is 3.02. The SMILES string of the molecule is O=c1[nH]ccn2ncc(-c3cc(C(F)F)ccc3Cl)c12. The van der Waals surface area contributed by atoms with Gasteiger partial charge in [0.25, 0.3) is 12.0 Å². The Balaban J connectivity index is 2.31. The van der Waals surface area contributed by atoms with E-state index < -0.39 is 6.43 Å². The second kappa shape index (κ2) is 4.72. The van der Waals surface area contributed by atoms with E-state index in [1.54, 1.807) is 6.20 Å². The zero-order chi connectivity index (χ0) is 14.3. The van der Waals surface area contributed by atoms with Gasteiger partial charge in [-0.05, 0) is 12.1 Å². The van der Waals surface area contributed by atoms with Crippen LogP contribution in [0.2, 0.25) is 5.02 Å². The Bertz CT molecular complexity index is 841. The number of benzene rings is 1. The molecule has 0 aliphatic carbocycles. The normalized spacial score (nSPS) is 11.4. The molecule has 2 aromatic heterocycles. The number of H-pyrrole nitrogens is 1. The third kappa shape index (κ3) is 1.98. The predicted octanol–water partition coefficient (Wildman–Crippen LogP) is 3.28.